The van der Waals surface area contributed by atoms with E-state index in [2.05, 4.69) is 20.9 Å². The lowest BCUT2D eigenvalue weighted by Crippen LogP contribution is -2.39. The molecule has 1 aromatic rings. The number of hydrogen-bond donors (Lipinski definition) is 2. The number of carboxylic acids is 1. The van der Waals surface area contributed by atoms with E-state index in [4.69, 9.17) is 10.8 Å². The molecule has 0 radical (unpaired) electrons. The number of carbonyl (C=O) groups is 1. The molecule has 1 aromatic heterocycles. The topological polar surface area (TPSA) is 98.2 Å². The summed E-state index contributed by atoms with van der Waals surface area (Å²) < 4.78 is 1.93. The van der Waals surface area contributed by atoms with Crippen molar-refractivity contribution < 1.29 is 9.90 Å². The second-order valence-corrected chi connectivity index (χ2v) is 4.23. The molecule has 0 bridgehead atoms. The van der Waals surface area contributed by atoms with Gasteiger partial charge in [0.1, 0.15) is 6.04 Å². The van der Waals surface area contributed by atoms with E-state index in [-0.39, 0.29) is 6.54 Å². The molecule has 0 amide bonds. The van der Waals surface area contributed by atoms with Crippen LogP contribution in [-0.4, -0.2) is 26.7 Å². The second kappa shape index (κ2) is 4.75. The molecule has 1 heterocycles. The van der Waals surface area contributed by atoms with Crippen molar-refractivity contribution in [3.63, 3.8) is 0 Å². The minimum Gasteiger partial charge on any atom is -0.480 e. The Labute approximate surface area is 100 Å². The average molecular weight is 290 g/mol. The normalized spacial score (nSPS) is 12.5. The highest BCUT2D eigenvalue weighted by Gasteiger charge is 2.16. The third-order valence-electron chi connectivity index (χ3n) is 2.23. The van der Waals surface area contributed by atoms with Gasteiger partial charge in [-0.3, -0.25) is 9.36 Å². The van der Waals surface area contributed by atoms with Crippen LogP contribution in [0.4, 0.5) is 0 Å². The lowest BCUT2D eigenvalue weighted by atomic mass is 10.3. The number of aliphatic carboxylic acids is 1. The summed E-state index contributed by atoms with van der Waals surface area (Å²) in [4.78, 5) is 25.9. The number of carboxylic acid groups (broad SMARTS) is 1. The fraction of sp³-hybridized carbons (Fsp3) is 0.444. The first-order chi connectivity index (χ1) is 7.34. The highest BCUT2D eigenvalue weighted by Crippen LogP contribution is 2.16. The maximum Gasteiger partial charge on any atom is 0.348 e. The molecule has 0 aliphatic rings. The average Bonchev–Trinajstić information content (AvgIpc) is 2.20. The first-order valence-electron chi connectivity index (χ1n) is 4.56. The Hall–Kier alpha value is -1.21. The largest absolute Gasteiger partial charge is 0.480 e. The zero-order valence-corrected chi connectivity index (χ0v) is 10.5. The molecule has 1 atom stereocenters. The number of hydrogen-bond acceptors (Lipinski definition) is 4. The van der Waals surface area contributed by atoms with E-state index in [0.29, 0.717) is 15.9 Å². The first-order valence-corrected chi connectivity index (χ1v) is 5.35. The lowest BCUT2D eigenvalue weighted by Gasteiger charge is -2.14. The van der Waals surface area contributed by atoms with E-state index >= 15 is 0 Å². The van der Waals surface area contributed by atoms with Crippen molar-refractivity contribution in [2.75, 3.05) is 0 Å². The lowest BCUT2D eigenvalue weighted by molar-refractivity contribution is -0.138. The Morgan fingerprint density at radius 3 is 2.69 bits per heavy atom. The van der Waals surface area contributed by atoms with Crippen LogP contribution in [0.5, 0.6) is 0 Å². The van der Waals surface area contributed by atoms with Gasteiger partial charge in [-0.1, -0.05) is 0 Å². The molecule has 16 heavy (non-hydrogen) atoms. The van der Waals surface area contributed by atoms with Gasteiger partial charge in [0.05, 0.1) is 16.7 Å². The number of nitrogens with zero attached hydrogens (tertiary/aromatic N) is 2. The summed E-state index contributed by atoms with van der Waals surface area (Å²) in [7, 11) is 0. The Morgan fingerprint density at radius 1 is 1.62 bits per heavy atom. The first kappa shape index (κ1) is 12.9. The summed E-state index contributed by atoms with van der Waals surface area (Å²) in [6.45, 7) is 3.31. The molecular weight excluding hydrogens is 278 g/mol. The number of aromatic nitrogens is 2. The van der Waals surface area contributed by atoms with Crippen LogP contribution in [-0.2, 0) is 11.3 Å². The van der Waals surface area contributed by atoms with Crippen molar-refractivity contribution in [2.45, 2.75) is 26.4 Å². The number of rotatable bonds is 3. The van der Waals surface area contributed by atoms with Gasteiger partial charge >= 0.3 is 11.7 Å². The molecule has 0 aliphatic carbocycles. The van der Waals surface area contributed by atoms with Crippen LogP contribution in [0.1, 0.15) is 11.4 Å². The molecule has 0 saturated carbocycles. The molecule has 0 spiro atoms. The molecule has 88 valence electrons. The Morgan fingerprint density at radius 2 is 2.19 bits per heavy atom. The zero-order valence-electron chi connectivity index (χ0n) is 8.90. The van der Waals surface area contributed by atoms with E-state index in [1.54, 1.807) is 13.8 Å². The fourth-order valence-electron chi connectivity index (χ4n) is 1.27. The van der Waals surface area contributed by atoms with Gasteiger partial charge in [0.25, 0.3) is 0 Å². The van der Waals surface area contributed by atoms with Crippen molar-refractivity contribution in [1.82, 2.24) is 9.55 Å². The van der Waals surface area contributed by atoms with Gasteiger partial charge in [0.15, 0.2) is 0 Å². The minimum atomic E-state index is -1.15. The zero-order chi connectivity index (χ0) is 12.5. The van der Waals surface area contributed by atoms with E-state index in [9.17, 15) is 9.59 Å². The van der Waals surface area contributed by atoms with E-state index < -0.39 is 17.7 Å². The van der Waals surface area contributed by atoms with Gasteiger partial charge in [-0.15, -0.1) is 0 Å². The van der Waals surface area contributed by atoms with E-state index in [1.165, 1.54) is 4.57 Å². The molecule has 7 heteroatoms. The Kier molecular flexibility index (Phi) is 3.82. The van der Waals surface area contributed by atoms with Crippen LogP contribution in [0.2, 0.25) is 0 Å². The van der Waals surface area contributed by atoms with Crippen LogP contribution in [0.25, 0.3) is 0 Å². The molecular formula is C9H12BrN3O3. The molecule has 0 saturated heterocycles. The van der Waals surface area contributed by atoms with Crippen LogP contribution >= 0.6 is 15.9 Å². The van der Waals surface area contributed by atoms with E-state index in [1.807, 2.05) is 0 Å². The standard InChI is InChI=1S/C9H12BrN3O3/c1-4-7(10)5(2)13(9(16)12-4)3-6(11)8(14)15/h6H,3,11H2,1-2H3,(H,14,15). The summed E-state index contributed by atoms with van der Waals surface area (Å²) in [5, 5.41) is 8.68. The van der Waals surface area contributed by atoms with Gasteiger partial charge in [-0.05, 0) is 29.8 Å². The monoisotopic (exact) mass is 289 g/mol. The van der Waals surface area contributed by atoms with Crippen molar-refractivity contribution in [3.8, 4) is 0 Å². The molecule has 0 fully saturated rings. The van der Waals surface area contributed by atoms with Gasteiger partial charge in [-0.25, -0.2) is 4.79 Å². The third kappa shape index (κ3) is 2.48. The van der Waals surface area contributed by atoms with Crippen LogP contribution in [0, 0.1) is 13.8 Å². The summed E-state index contributed by atoms with van der Waals surface area (Å²) in [5.41, 5.74) is 6.07. The van der Waals surface area contributed by atoms with Gasteiger partial charge in [0, 0.05) is 5.69 Å². The van der Waals surface area contributed by atoms with Crippen molar-refractivity contribution in [3.05, 3.63) is 26.3 Å². The number of halogens is 1. The van der Waals surface area contributed by atoms with Crippen molar-refractivity contribution in [1.29, 1.82) is 0 Å². The molecule has 0 aromatic carbocycles. The maximum absolute atomic E-state index is 11.6. The highest BCUT2D eigenvalue weighted by atomic mass is 79.9. The van der Waals surface area contributed by atoms with E-state index in [0.717, 1.165) is 0 Å². The Bertz CT molecular complexity index is 484. The van der Waals surface area contributed by atoms with Crippen molar-refractivity contribution >= 4 is 21.9 Å². The minimum absolute atomic E-state index is 0.0914. The summed E-state index contributed by atoms with van der Waals surface area (Å²) in [5.74, 6) is -1.15. The summed E-state index contributed by atoms with van der Waals surface area (Å²) in [6.07, 6.45) is 0. The maximum atomic E-state index is 11.6. The van der Waals surface area contributed by atoms with Gasteiger partial charge < -0.3 is 10.8 Å². The molecule has 0 aliphatic heterocycles. The SMILES string of the molecule is Cc1nc(=O)n(CC(N)C(=O)O)c(C)c1Br. The Balaban J connectivity index is 3.20. The van der Waals surface area contributed by atoms with Gasteiger partial charge in [0.2, 0.25) is 0 Å². The summed E-state index contributed by atoms with van der Waals surface area (Å²) in [6, 6.07) is -1.12. The molecule has 1 rings (SSSR count). The van der Waals surface area contributed by atoms with Crippen LogP contribution in [0.15, 0.2) is 9.27 Å². The molecule has 1 unspecified atom stereocenters. The molecule has 3 N–H and O–H groups in total. The predicted octanol–water partition coefficient (Wildman–Crippen LogP) is 0.0345. The highest BCUT2D eigenvalue weighted by molar-refractivity contribution is 9.10. The fourth-order valence-corrected chi connectivity index (χ4v) is 1.57. The quantitative estimate of drug-likeness (QED) is 0.818. The molecule has 6 nitrogen and oxygen atoms in total. The number of aryl methyl sites for hydroxylation is 1. The number of nitrogens with two attached hydrogens (primary N) is 1. The van der Waals surface area contributed by atoms with Crippen molar-refractivity contribution in [2.24, 2.45) is 5.73 Å². The predicted molar refractivity (Wildman–Crippen MR) is 61.3 cm³/mol. The van der Waals surface area contributed by atoms with Gasteiger partial charge in [-0.2, -0.15) is 4.98 Å². The van der Waals surface area contributed by atoms with Crippen LogP contribution in [0.3, 0.4) is 0 Å². The van der Waals surface area contributed by atoms with Crippen LogP contribution < -0.4 is 11.4 Å². The third-order valence-corrected chi connectivity index (χ3v) is 3.38. The smallest absolute Gasteiger partial charge is 0.348 e. The summed E-state index contributed by atoms with van der Waals surface area (Å²) >= 11 is 3.28. The second-order valence-electron chi connectivity index (χ2n) is 3.43.